The maximum Gasteiger partial charge on any atom is 0.223 e. The summed E-state index contributed by atoms with van der Waals surface area (Å²) < 4.78 is 5.71. The van der Waals surface area contributed by atoms with Crippen molar-refractivity contribution in [3.05, 3.63) is 29.8 Å². The van der Waals surface area contributed by atoms with Gasteiger partial charge in [-0.1, -0.05) is 12.1 Å². The zero-order chi connectivity index (χ0) is 15.2. The molecule has 0 aromatic heterocycles. The van der Waals surface area contributed by atoms with Crippen LogP contribution >= 0.6 is 0 Å². The van der Waals surface area contributed by atoms with Crippen molar-refractivity contribution in [3.63, 3.8) is 0 Å². The minimum absolute atomic E-state index is 0.00287. The van der Waals surface area contributed by atoms with E-state index in [1.165, 1.54) is 0 Å². The van der Waals surface area contributed by atoms with Crippen LogP contribution in [0.3, 0.4) is 0 Å². The first-order valence-corrected chi connectivity index (χ1v) is 7.84. The lowest BCUT2D eigenvalue weighted by Crippen LogP contribution is -2.39. The Morgan fingerprint density at radius 2 is 2.00 bits per heavy atom. The molecule has 1 aliphatic rings. The van der Waals surface area contributed by atoms with Gasteiger partial charge in [0.1, 0.15) is 5.75 Å². The fourth-order valence-corrected chi connectivity index (χ4v) is 2.63. The summed E-state index contributed by atoms with van der Waals surface area (Å²) in [6, 6.07) is 7.96. The number of carbonyl (C=O) groups excluding carboxylic acids is 1. The van der Waals surface area contributed by atoms with E-state index in [9.17, 15) is 4.79 Å². The smallest absolute Gasteiger partial charge is 0.223 e. The van der Waals surface area contributed by atoms with Crippen molar-refractivity contribution in [2.24, 2.45) is 5.92 Å². The van der Waals surface area contributed by atoms with Crippen LogP contribution in [0.2, 0.25) is 0 Å². The van der Waals surface area contributed by atoms with E-state index in [4.69, 9.17) is 4.74 Å². The van der Waals surface area contributed by atoms with Gasteiger partial charge in [-0.25, -0.2) is 0 Å². The van der Waals surface area contributed by atoms with Gasteiger partial charge in [-0.2, -0.15) is 0 Å². The Kier molecular flexibility index (Phi) is 5.62. The van der Waals surface area contributed by atoms with E-state index in [2.05, 4.69) is 10.6 Å². The van der Waals surface area contributed by atoms with E-state index in [0.29, 0.717) is 0 Å². The molecule has 0 saturated carbocycles. The van der Waals surface area contributed by atoms with E-state index < -0.39 is 0 Å². The first kappa shape index (κ1) is 15.8. The second kappa shape index (κ2) is 7.46. The van der Waals surface area contributed by atoms with Crippen LogP contribution in [0.4, 0.5) is 0 Å². The molecular formula is C17H26N2O2. The maximum atomic E-state index is 12.3. The Hall–Kier alpha value is -1.55. The Bertz CT molecular complexity index is 468. The van der Waals surface area contributed by atoms with Crippen LogP contribution in [0.15, 0.2) is 24.3 Å². The molecule has 0 bridgehead atoms. The van der Waals surface area contributed by atoms with Crippen molar-refractivity contribution < 1.29 is 9.53 Å². The monoisotopic (exact) mass is 290 g/mol. The number of ether oxygens (including phenoxy) is 1. The Balaban J connectivity index is 1.95. The molecule has 1 heterocycles. The van der Waals surface area contributed by atoms with E-state index in [1.807, 2.05) is 45.0 Å². The average Bonchev–Trinajstić information content (AvgIpc) is 2.47. The summed E-state index contributed by atoms with van der Waals surface area (Å²) in [5, 5.41) is 6.41. The number of piperidine rings is 1. The maximum absolute atomic E-state index is 12.3. The van der Waals surface area contributed by atoms with Crippen molar-refractivity contribution in [3.8, 4) is 5.75 Å². The third-order valence-corrected chi connectivity index (χ3v) is 3.80. The van der Waals surface area contributed by atoms with Crippen molar-refractivity contribution in [1.82, 2.24) is 10.6 Å². The van der Waals surface area contributed by atoms with Crippen molar-refractivity contribution in [2.45, 2.75) is 45.8 Å². The van der Waals surface area contributed by atoms with E-state index in [0.717, 1.165) is 37.2 Å². The number of benzene rings is 1. The summed E-state index contributed by atoms with van der Waals surface area (Å²) in [4.78, 5) is 12.3. The molecule has 116 valence electrons. The van der Waals surface area contributed by atoms with E-state index in [-0.39, 0.29) is 24.0 Å². The molecule has 1 aromatic carbocycles. The van der Waals surface area contributed by atoms with Crippen LogP contribution in [-0.4, -0.2) is 25.1 Å². The molecule has 1 fully saturated rings. The predicted molar refractivity (Wildman–Crippen MR) is 84.4 cm³/mol. The van der Waals surface area contributed by atoms with Gasteiger partial charge in [0.05, 0.1) is 12.1 Å². The minimum Gasteiger partial charge on any atom is -0.491 e. The Morgan fingerprint density at radius 1 is 1.29 bits per heavy atom. The van der Waals surface area contributed by atoms with Crippen LogP contribution in [0.5, 0.6) is 5.75 Å². The largest absolute Gasteiger partial charge is 0.491 e. The number of hydrogen-bond acceptors (Lipinski definition) is 3. The highest BCUT2D eigenvalue weighted by Gasteiger charge is 2.22. The predicted octanol–water partition coefficient (Wildman–Crippen LogP) is 2.65. The lowest BCUT2D eigenvalue weighted by atomic mass is 9.96. The summed E-state index contributed by atoms with van der Waals surface area (Å²) in [6.45, 7) is 7.91. The SMILES string of the molecule is CC(C)Oc1cccc(C(C)NC(=O)C2CCNCC2)c1. The first-order chi connectivity index (χ1) is 10.1. The Morgan fingerprint density at radius 3 is 2.67 bits per heavy atom. The summed E-state index contributed by atoms with van der Waals surface area (Å²) in [6.07, 6.45) is 2.00. The summed E-state index contributed by atoms with van der Waals surface area (Å²) in [7, 11) is 0. The zero-order valence-electron chi connectivity index (χ0n) is 13.2. The molecule has 1 amide bonds. The molecule has 2 rings (SSSR count). The minimum atomic E-state index is 0.00287. The van der Waals surface area contributed by atoms with Crippen LogP contribution < -0.4 is 15.4 Å². The molecule has 1 aliphatic heterocycles. The van der Waals surface area contributed by atoms with Gasteiger partial charge < -0.3 is 15.4 Å². The van der Waals surface area contributed by atoms with Gasteiger partial charge in [0.25, 0.3) is 0 Å². The quantitative estimate of drug-likeness (QED) is 0.876. The number of amides is 1. The third kappa shape index (κ3) is 4.74. The fraction of sp³-hybridized carbons (Fsp3) is 0.588. The second-order valence-electron chi connectivity index (χ2n) is 5.99. The summed E-state index contributed by atoms with van der Waals surface area (Å²) in [5.74, 6) is 1.16. The van der Waals surface area contributed by atoms with Crippen molar-refractivity contribution in [2.75, 3.05) is 13.1 Å². The number of rotatable bonds is 5. The molecular weight excluding hydrogens is 264 g/mol. The second-order valence-corrected chi connectivity index (χ2v) is 5.99. The molecule has 1 atom stereocenters. The van der Waals surface area contributed by atoms with Crippen molar-refractivity contribution in [1.29, 1.82) is 0 Å². The molecule has 0 aliphatic carbocycles. The lowest BCUT2D eigenvalue weighted by molar-refractivity contribution is -0.126. The van der Waals surface area contributed by atoms with Crippen molar-refractivity contribution >= 4 is 5.91 Å². The first-order valence-electron chi connectivity index (χ1n) is 7.84. The highest BCUT2D eigenvalue weighted by molar-refractivity contribution is 5.79. The molecule has 0 radical (unpaired) electrons. The van der Waals surface area contributed by atoms with Crippen LogP contribution in [0.25, 0.3) is 0 Å². The van der Waals surface area contributed by atoms with Crippen LogP contribution in [0, 0.1) is 5.92 Å². The molecule has 21 heavy (non-hydrogen) atoms. The molecule has 2 N–H and O–H groups in total. The van der Waals surface area contributed by atoms with Gasteiger partial charge in [-0.15, -0.1) is 0 Å². The topological polar surface area (TPSA) is 50.4 Å². The standard InChI is InChI=1S/C17H26N2O2/c1-12(2)21-16-6-4-5-15(11-16)13(3)19-17(20)14-7-9-18-10-8-14/h4-6,11-14,18H,7-10H2,1-3H3,(H,19,20). The van der Waals surface area contributed by atoms with Gasteiger partial charge in [0, 0.05) is 5.92 Å². The van der Waals surface area contributed by atoms with Crippen LogP contribution in [-0.2, 0) is 4.79 Å². The Labute approximate surface area is 127 Å². The number of hydrogen-bond donors (Lipinski definition) is 2. The van der Waals surface area contributed by atoms with Gasteiger partial charge >= 0.3 is 0 Å². The number of nitrogens with one attached hydrogen (secondary N) is 2. The molecule has 1 unspecified atom stereocenters. The highest BCUT2D eigenvalue weighted by atomic mass is 16.5. The van der Waals surface area contributed by atoms with Gasteiger partial charge in [-0.3, -0.25) is 4.79 Å². The fourth-order valence-electron chi connectivity index (χ4n) is 2.63. The van der Waals surface area contributed by atoms with Gasteiger partial charge in [0.15, 0.2) is 0 Å². The van der Waals surface area contributed by atoms with Gasteiger partial charge in [0.2, 0.25) is 5.91 Å². The van der Waals surface area contributed by atoms with E-state index in [1.54, 1.807) is 0 Å². The summed E-state index contributed by atoms with van der Waals surface area (Å²) >= 11 is 0. The van der Waals surface area contributed by atoms with E-state index >= 15 is 0 Å². The average molecular weight is 290 g/mol. The summed E-state index contributed by atoms with van der Waals surface area (Å²) in [5.41, 5.74) is 1.08. The molecule has 4 nitrogen and oxygen atoms in total. The molecule has 0 spiro atoms. The van der Waals surface area contributed by atoms with Gasteiger partial charge in [-0.05, 0) is 64.4 Å². The normalized spacial score (nSPS) is 17.5. The third-order valence-electron chi connectivity index (χ3n) is 3.80. The highest BCUT2D eigenvalue weighted by Crippen LogP contribution is 2.21. The lowest BCUT2D eigenvalue weighted by Gasteiger charge is -2.24. The molecule has 4 heteroatoms. The zero-order valence-corrected chi connectivity index (χ0v) is 13.2. The number of carbonyl (C=O) groups is 1. The molecule has 1 saturated heterocycles. The molecule has 1 aromatic rings. The van der Waals surface area contributed by atoms with Crippen LogP contribution in [0.1, 0.15) is 45.2 Å².